The molecule has 1 fully saturated rings. The molecule has 1 atom stereocenters. The molecule has 1 aromatic rings. The van der Waals surface area contributed by atoms with Crippen LogP contribution in [0.2, 0.25) is 5.02 Å². The molecule has 0 aliphatic carbocycles. The van der Waals surface area contributed by atoms with Crippen LogP contribution in [0.4, 0.5) is 0 Å². The van der Waals surface area contributed by atoms with E-state index in [0.29, 0.717) is 18.9 Å². The minimum Gasteiger partial charge on any atom is -0.355 e. The average molecular weight is 295 g/mol. The average Bonchev–Trinajstić information content (AvgIpc) is 2.91. The number of carbonyl (C=O) groups is 1. The molecule has 1 aromatic carbocycles. The maximum Gasteiger partial charge on any atom is 0.220 e. The van der Waals surface area contributed by atoms with E-state index in [9.17, 15) is 4.79 Å². The van der Waals surface area contributed by atoms with Crippen LogP contribution in [0.15, 0.2) is 24.3 Å². The molecule has 1 aliphatic heterocycles. The number of halogens is 1. The molecule has 4 heteroatoms. The first-order chi connectivity index (χ1) is 9.70. The molecule has 1 unspecified atom stereocenters. The van der Waals surface area contributed by atoms with Crippen molar-refractivity contribution < 1.29 is 4.79 Å². The molecule has 1 heterocycles. The first kappa shape index (κ1) is 15.3. The third kappa shape index (κ3) is 4.22. The molecule has 1 aliphatic rings. The summed E-state index contributed by atoms with van der Waals surface area (Å²) in [5.41, 5.74) is 1.04. The zero-order valence-electron chi connectivity index (χ0n) is 12.1. The van der Waals surface area contributed by atoms with E-state index < -0.39 is 0 Å². The molecule has 1 N–H and O–H groups in total. The number of likely N-dealkylation sites (tertiary alicyclic amines) is 1. The molecule has 3 nitrogen and oxygen atoms in total. The molecule has 0 spiro atoms. The number of hydrogen-bond donors (Lipinski definition) is 1. The summed E-state index contributed by atoms with van der Waals surface area (Å²) in [6.45, 7) is 5.18. The lowest BCUT2D eigenvalue weighted by molar-refractivity contribution is -0.121. The van der Waals surface area contributed by atoms with Gasteiger partial charge in [-0.1, -0.05) is 36.7 Å². The van der Waals surface area contributed by atoms with Crippen LogP contribution in [-0.2, 0) is 11.2 Å². The van der Waals surface area contributed by atoms with Crippen molar-refractivity contribution in [2.75, 3.05) is 19.6 Å². The molecule has 1 amide bonds. The fourth-order valence-electron chi connectivity index (χ4n) is 2.81. The van der Waals surface area contributed by atoms with Crippen molar-refractivity contribution in [1.82, 2.24) is 10.2 Å². The SMILES string of the molecule is CCN1CCCC1CNC(=O)CCc1ccccc1Cl. The standard InChI is InChI=1S/C16H23ClN2O/c1-2-19-11-5-7-14(19)12-18-16(20)10-9-13-6-3-4-8-15(13)17/h3-4,6,8,14H,2,5,7,9-12H2,1H3,(H,18,20). The molecule has 20 heavy (non-hydrogen) atoms. The summed E-state index contributed by atoms with van der Waals surface area (Å²) in [5, 5.41) is 3.80. The van der Waals surface area contributed by atoms with Gasteiger partial charge in [0.15, 0.2) is 0 Å². The quantitative estimate of drug-likeness (QED) is 0.875. The van der Waals surface area contributed by atoms with Crippen LogP contribution in [0.5, 0.6) is 0 Å². The van der Waals surface area contributed by atoms with Crippen molar-refractivity contribution in [1.29, 1.82) is 0 Å². The fraction of sp³-hybridized carbons (Fsp3) is 0.562. The van der Waals surface area contributed by atoms with Gasteiger partial charge in [-0.15, -0.1) is 0 Å². The monoisotopic (exact) mass is 294 g/mol. The second-order valence-electron chi connectivity index (χ2n) is 5.32. The summed E-state index contributed by atoms with van der Waals surface area (Å²) in [6.07, 6.45) is 3.64. The van der Waals surface area contributed by atoms with Crippen molar-refractivity contribution in [2.45, 2.75) is 38.6 Å². The highest BCUT2D eigenvalue weighted by molar-refractivity contribution is 6.31. The van der Waals surface area contributed by atoms with Gasteiger partial charge in [-0.2, -0.15) is 0 Å². The molecule has 0 aromatic heterocycles. The van der Waals surface area contributed by atoms with Gasteiger partial charge in [-0.25, -0.2) is 0 Å². The van der Waals surface area contributed by atoms with Crippen LogP contribution >= 0.6 is 11.6 Å². The molecular formula is C16H23ClN2O. The minimum absolute atomic E-state index is 0.118. The summed E-state index contributed by atoms with van der Waals surface area (Å²) < 4.78 is 0. The van der Waals surface area contributed by atoms with Gasteiger partial charge in [0.05, 0.1) is 0 Å². The molecular weight excluding hydrogens is 272 g/mol. The van der Waals surface area contributed by atoms with E-state index in [0.717, 1.165) is 30.2 Å². The third-order valence-electron chi connectivity index (χ3n) is 4.02. The van der Waals surface area contributed by atoms with Gasteiger partial charge in [0.2, 0.25) is 5.91 Å². The minimum atomic E-state index is 0.118. The number of benzene rings is 1. The van der Waals surface area contributed by atoms with E-state index in [2.05, 4.69) is 17.1 Å². The lowest BCUT2D eigenvalue weighted by atomic mass is 10.1. The first-order valence-corrected chi connectivity index (χ1v) is 7.82. The maximum atomic E-state index is 11.9. The highest BCUT2D eigenvalue weighted by Crippen LogP contribution is 2.17. The summed E-state index contributed by atoms with van der Waals surface area (Å²) in [7, 11) is 0. The van der Waals surface area contributed by atoms with E-state index in [1.54, 1.807) is 0 Å². The Kier molecular flexibility index (Phi) is 5.86. The summed E-state index contributed by atoms with van der Waals surface area (Å²) in [4.78, 5) is 14.3. The van der Waals surface area contributed by atoms with Gasteiger partial charge < -0.3 is 5.32 Å². The number of rotatable bonds is 6. The number of likely N-dealkylation sites (N-methyl/N-ethyl adjacent to an activating group) is 1. The lowest BCUT2D eigenvalue weighted by Crippen LogP contribution is -2.40. The van der Waals surface area contributed by atoms with Crippen molar-refractivity contribution >= 4 is 17.5 Å². The number of amides is 1. The summed E-state index contributed by atoms with van der Waals surface area (Å²) in [5.74, 6) is 0.118. The number of nitrogens with zero attached hydrogens (tertiary/aromatic N) is 1. The molecule has 0 radical (unpaired) electrons. The lowest BCUT2D eigenvalue weighted by Gasteiger charge is -2.22. The zero-order valence-corrected chi connectivity index (χ0v) is 12.8. The van der Waals surface area contributed by atoms with Crippen LogP contribution in [0.25, 0.3) is 0 Å². The first-order valence-electron chi connectivity index (χ1n) is 7.45. The zero-order chi connectivity index (χ0) is 14.4. The van der Waals surface area contributed by atoms with Gasteiger partial charge in [0.25, 0.3) is 0 Å². The Bertz CT molecular complexity index is 450. The Balaban J connectivity index is 1.72. The van der Waals surface area contributed by atoms with E-state index in [1.807, 2.05) is 24.3 Å². The van der Waals surface area contributed by atoms with Gasteiger partial charge in [-0.3, -0.25) is 9.69 Å². The van der Waals surface area contributed by atoms with Crippen LogP contribution in [0.3, 0.4) is 0 Å². The van der Waals surface area contributed by atoms with E-state index in [4.69, 9.17) is 11.6 Å². The topological polar surface area (TPSA) is 32.3 Å². The van der Waals surface area contributed by atoms with Crippen molar-refractivity contribution in [3.63, 3.8) is 0 Å². The highest BCUT2D eigenvalue weighted by atomic mass is 35.5. The second-order valence-corrected chi connectivity index (χ2v) is 5.73. The van der Waals surface area contributed by atoms with Crippen molar-refractivity contribution in [2.24, 2.45) is 0 Å². The second kappa shape index (κ2) is 7.65. The number of aryl methyl sites for hydroxylation is 1. The number of hydrogen-bond acceptors (Lipinski definition) is 2. The Morgan fingerprint density at radius 2 is 2.25 bits per heavy atom. The molecule has 1 saturated heterocycles. The predicted molar refractivity (Wildman–Crippen MR) is 83.1 cm³/mol. The molecule has 2 rings (SSSR count). The van der Waals surface area contributed by atoms with Crippen molar-refractivity contribution in [3.8, 4) is 0 Å². The van der Waals surface area contributed by atoms with Crippen LogP contribution in [-0.4, -0.2) is 36.5 Å². The number of nitrogens with one attached hydrogen (secondary N) is 1. The van der Waals surface area contributed by atoms with Gasteiger partial charge >= 0.3 is 0 Å². The van der Waals surface area contributed by atoms with E-state index >= 15 is 0 Å². The largest absolute Gasteiger partial charge is 0.355 e. The highest BCUT2D eigenvalue weighted by Gasteiger charge is 2.22. The third-order valence-corrected chi connectivity index (χ3v) is 4.39. The van der Waals surface area contributed by atoms with Crippen molar-refractivity contribution in [3.05, 3.63) is 34.9 Å². The van der Waals surface area contributed by atoms with Gasteiger partial charge in [0.1, 0.15) is 0 Å². The van der Waals surface area contributed by atoms with E-state index in [1.165, 1.54) is 12.8 Å². The maximum absolute atomic E-state index is 11.9. The summed E-state index contributed by atoms with van der Waals surface area (Å²) in [6, 6.07) is 8.23. The smallest absolute Gasteiger partial charge is 0.220 e. The Hall–Kier alpha value is -1.06. The normalized spacial score (nSPS) is 19.2. The molecule has 0 saturated carbocycles. The Labute approximate surface area is 126 Å². The van der Waals surface area contributed by atoms with Gasteiger partial charge in [-0.05, 0) is 44.0 Å². The molecule has 0 bridgehead atoms. The van der Waals surface area contributed by atoms with Crippen LogP contribution in [0.1, 0.15) is 31.7 Å². The Morgan fingerprint density at radius 3 is 3.00 bits per heavy atom. The predicted octanol–water partition coefficient (Wildman–Crippen LogP) is 2.87. The fourth-order valence-corrected chi connectivity index (χ4v) is 3.04. The number of carbonyl (C=O) groups excluding carboxylic acids is 1. The van der Waals surface area contributed by atoms with E-state index in [-0.39, 0.29) is 5.91 Å². The van der Waals surface area contributed by atoms with Crippen LogP contribution in [0, 0.1) is 0 Å². The van der Waals surface area contributed by atoms with Crippen LogP contribution < -0.4 is 5.32 Å². The Morgan fingerprint density at radius 1 is 1.45 bits per heavy atom. The summed E-state index contributed by atoms with van der Waals surface area (Å²) >= 11 is 6.09. The van der Waals surface area contributed by atoms with Gasteiger partial charge in [0, 0.05) is 24.0 Å². The molecule has 110 valence electrons.